The fourth-order valence-corrected chi connectivity index (χ4v) is 2.21. The van der Waals surface area contributed by atoms with Crippen molar-refractivity contribution in [3.63, 3.8) is 0 Å². The average Bonchev–Trinajstić information content (AvgIpc) is 2.25. The molecule has 0 fully saturated rings. The largest absolute Gasteiger partial charge is 0.486 e. The first-order valence-corrected chi connectivity index (χ1v) is 5.75. The van der Waals surface area contributed by atoms with Crippen LogP contribution in [0.4, 0.5) is 0 Å². The first-order valence-electron chi connectivity index (χ1n) is 5.75. The molecule has 0 amide bonds. The van der Waals surface area contributed by atoms with Gasteiger partial charge < -0.3 is 9.15 Å². The topological polar surface area (TPSA) is 56.5 Å². The third-order valence-electron chi connectivity index (χ3n) is 2.99. The van der Waals surface area contributed by atoms with Crippen LogP contribution in [-0.4, -0.2) is 11.4 Å². The first-order chi connectivity index (χ1) is 8.44. The summed E-state index contributed by atoms with van der Waals surface area (Å²) in [5.74, 6) is 0.535. The number of rotatable bonds is 0. The van der Waals surface area contributed by atoms with Crippen molar-refractivity contribution in [2.45, 2.75) is 25.9 Å². The molecule has 0 spiro atoms. The number of Topliss-reactive ketones (excluding diaryl/α,β-unsaturated/α-hetero) is 1. The van der Waals surface area contributed by atoms with Crippen LogP contribution in [0, 0.1) is 0 Å². The van der Waals surface area contributed by atoms with Gasteiger partial charge in [0.1, 0.15) is 16.9 Å². The van der Waals surface area contributed by atoms with E-state index in [2.05, 4.69) is 0 Å². The van der Waals surface area contributed by atoms with Gasteiger partial charge in [-0.2, -0.15) is 0 Å². The standard InChI is InChI=1S/C14H12O4/c1-14(2)7-10(15)9-5-8-3-4-13(16)17-11(8)6-12(9)18-14/h3-6H,7H2,1-2H3. The average molecular weight is 244 g/mol. The van der Waals surface area contributed by atoms with E-state index in [0.717, 1.165) is 5.39 Å². The lowest BCUT2D eigenvalue weighted by Crippen LogP contribution is -2.35. The second kappa shape index (κ2) is 3.45. The number of hydrogen-bond acceptors (Lipinski definition) is 4. The van der Waals surface area contributed by atoms with Crippen molar-refractivity contribution in [2.24, 2.45) is 0 Å². The summed E-state index contributed by atoms with van der Waals surface area (Å²) >= 11 is 0. The van der Waals surface area contributed by atoms with Crippen LogP contribution in [0.3, 0.4) is 0 Å². The molecular weight excluding hydrogens is 232 g/mol. The second-order valence-corrected chi connectivity index (χ2v) is 5.10. The molecule has 0 aliphatic carbocycles. The molecule has 4 nitrogen and oxygen atoms in total. The van der Waals surface area contributed by atoms with Crippen LogP contribution in [0.25, 0.3) is 11.0 Å². The highest BCUT2D eigenvalue weighted by atomic mass is 16.5. The van der Waals surface area contributed by atoms with E-state index in [1.807, 2.05) is 13.8 Å². The van der Waals surface area contributed by atoms with Gasteiger partial charge in [0.15, 0.2) is 5.78 Å². The number of carbonyl (C=O) groups is 1. The number of ether oxygens (including phenoxy) is 1. The van der Waals surface area contributed by atoms with E-state index < -0.39 is 11.2 Å². The summed E-state index contributed by atoms with van der Waals surface area (Å²) < 4.78 is 10.8. The number of benzene rings is 1. The highest BCUT2D eigenvalue weighted by molar-refractivity contribution is 6.03. The number of fused-ring (bicyclic) bond motifs is 2. The molecule has 0 N–H and O–H groups in total. The minimum absolute atomic E-state index is 0.0503. The van der Waals surface area contributed by atoms with Gasteiger partial charge in [-0.1, -0.05) is 0 Å². The van der Waals surface area contributed by atoms with Crippen LogP contribution in [0.5, 0.6) is 5.75 Å². The monoisotopic (exact) mass is 244 g/mol. The summed E-state index contributed by atoms with van der Waals surface area (Å²) in [7, 11) is 0. The molecule has 0 bridgehead atoms. The molecule has 1 aromatic carbocycles. The second-order valence-electron chi connectivity index (χ2n) is 5.10. The Morgan fingerprint density at radius 3 is 2.72 bits per heavy atom. The summed E-state index contributed by atoms with van der Waals surface area (Å²) in [6, 6.07) is 6.32. The van der Waals surface area contributed by atoms with E-state index >= 15 is 0 Å². The lowest BCUT2D eigenvalue weighted by Gasteiger charge is -2.31. The van der Waals surface area contributed by atoms with Gasteiger partial charge in [-0.15, -0.1) is 0 Å². The quantitative estimate of drug-likeness (QED) is 0.668. The van der Waals surface area contributed by atoms with Gasteiger partial charge in [-0.05, 0) is 26.0 Å². The van der Waals surface area contributed by atoms with E-state index in [1.54, 1.807) is 18.2 Å². The van der Waals surface area contributed by atoms with Gasteiger partial charge in [-0.3, -0.25) is 4.79 Å². The van der Waals surface area contributed by atoms with Crippen molar-refractivity contribution in [2.75, 3.05) is 0 Å². The zero-order valence-electron chi connectivity index (χ0n) is 10.1. The van der Waals surface area contributed by atoms with Gasteiger partial charge in [0.05, 0.1) is 12.0 Å². The molecule has 0 unspecified atom stereocenters. The van der Waals surface area contributed by atoms with Crippen molar-refractivity contribution >= 4 is 16.8 Å². The molecule has 92 valence electrons. The van der Waals surface area contributed by atoms with E-state index in [1.165, 1.54) is 6.07 Å². The Bertz CT molecular complexity index is 709. The predicted octanol–water partition coefficient (Wildman–Crippen LogP) is 2.54. The minimum Gasteiger partial charge on any atom is -0.486 e. The Morgan fingerprint density at radius 1 is 1.17 bits per heavy atom. The Hall–Kier alpha value is -2.10. The fraction of sp³-hybridized carbons (Fsp3) is 0.286. The van der Waals surface area contributed by atoms with Crippen molar-refractivity contribution in [3.05, 3.63) is 40.2 Å². The molecule has 0 atom stereocenters. The SMILES string of the molecule is CC1(C)CC(=O)c2cc3ccc(=O)oc3cc2O1. The number of carbonyl (C=O) groups excluding carboxylic acids is 1. The van der Waals surface area contributed by atoms with Crippen LogP contribution in [0.2, 0.25) is 0 Å². The molecule has 18 heavy (non-hydrogen) atoms. The molecule has 1 aromatic heterocycles. The molecule has 3 rings (SSSR count). The van der Waals surface area contributed by atoms with E-state index in [-0.39, 0.29) is 5.78 Å². The van der Waals surface area contributed by atoms with Crippen molar-refractivity contribution in [1.82, 2.24) is 0 Å². The van der Waals surface area contributed by atoms with Crippen LogP contribution in [-0.2, 0) is 0 Å². The summed E-state index contributed by atoms with van der Waals surface area (Å²) in [5, 5.41) is 0.727. The van der Waals surface area contributed by atoms with Crippen molar-refractivity contribution in [3.8, 4) is 5.75 Å². The maximum Gasteiger partial charge on any atom is 0.336 e. The molecule has 0 radical (unpaired) electrons. The third kappa shape index (κ3) is 1.70. The first kappa shape index (κ1) is 11.0. The normalized spacial score (nSPS) is 17.3. The summed E-state index contributed by atoms with van der Waals surface area (Å²) in [4.78, 5) is 23.2. The molecule has 0 saturated heterocycles. The van der Waals surface area contributed by atoms with Gasteiger partial charge in [0.25, 0.3) is 0 Å². The molecule has 2 heterocycles. The highest BCUT2D eigenvalue weighted by Gasteiger charge is 2.32. The zero-order valence-corrected chi connectivity index (χ0v) is 10.1. The van der Waals surface area contributed by atoms with E-state index in [4.69, 9.17) is 9.15 Å². The molecule has 1 aliphatic heterocycles. The number of hydrogen-bond donors (Lipinski definition) is 0. The summed E-state index contributed by atoms with van der Waals surface area (Å²) in [6.45, 7) is 3.72. The van der Waals surface area contributed by atoms with E-state index in [9.17, 15) is 9.59 Å². The maximum atomic E-state index is 12.0. The van der Waals surface area contributed by atoms with Crippen molar-refractivity contribution < 1.29 is 13.9 Å². The maximum absolute atomic E-state index is 12.0. The van der Waals surface area contributed by atoms with Gasteiger partial charge in [-0.25, -0.2) is 4.79 Å². The minimum atomic E-state index is -0.521. The smallest absolute Gasteiger partial charge is 0.336 e. The lowest BCUT2D eigenvalue weighted by molar-refractivity contribution is 0.0621. The Kier molecular flexibility index (Phi) is 2.11. The molecular formula is C14H12O4. The van der Waals surface area contributed by atoms with E-state index in [0.29, 0.717) is 23.3 Å². The molecule has 4 heteroatoms. The highest BCUT2D eigenvalue weighted by Crippen LogP contribution is 2.35. The van der Waals surface area contributed by atoms with Gasteiger partial charge in [0, 0.05) is 17.5 Å². The fourth-order valence-electron chi connectivity index (χ4n) is 2.21. The van der Waals surface area contributed by atoms with Crippen LogP contribution < -0.4 is 10.4 Å². The van der Waals surface area contributed by atoms with Crippen molar-refractivity contribution in [1.29, 1.82) is 0 Å². The summed E-state index contributed by atoms with van der Waals surface area (Å²) in [6.07, 6.45) is 0.349. The van der Waals surface area contributed by atoms with Gasteiger partial charge >= 0.3 is 5.63 Å². The Labute approximate surface area is 103 Å². The third-order valence-corrected chi connectivity index (χ3v) is 2.99. The molecule has 0 saturated carbocycles. The number of ketones is 1. The zero-order chi connectivity index (χ0) is 12.9. The van der Waals surface area contributed by atoms with Crippen LogP contribution >= 0.6 is 0 Å². The molecule has 2 aromatic rings. The summed E-state index contributed by atoms with van der Waals surface area (Å²) in [5.41, 5.74) is 0.0543. The predicted molar refractivity (Wildman–Crippen MR) is 66.1 cm³/mol. The Morgan fingerprint density at radius 2 is 1.94 bits per heavy atom. The van der Waals surface area contributed by atoms with Crippen LogP contribution in [0.15, 0.2) is 33.5 Å². The Balaban J connectivity index is 2.28. The van der Waals surface area contributed by atoms with Crippen LogP contribution in [0.1, 0.15) is 30.6 Å². The lowest BCUT2D eigenvalue weighted by atomic mass is 9.92. The van der Waals surface area contributed by atoms with Gasteiger partial charge in [0.2, 0.25) is 0 Å². The molecule has 1 aliphatic rings.